The first kappa shape index (κ1) is 9.01. The van der Waals surface area contributed by atoms with Gasteiger partial charge in [0.05, 0.1) is 0 Å². The zero-order valence-electron chi connectivity index (χ0n) is 7.71. The second kappa shape index (κ2) is 4.07. The van der Waals surface area contributed by atoms with Gasteiger partial charge in [-0.3, -0.25) is 0 Å². The van der Waals surface area contributed by atoms with Crippen molar-refractivity contribution in [2.24, 2.45) is 17.6 Å². The number of hydrogen-bond donors (Lipinski definition) is 1. The minimum absolute atomic E-state index is 0.833. The number of likely N-dealkylation sites (tertiary alicyclic amines) is 1. The zero-order chi connectivity index (χ0) is 8.27. The van der Waals surface area contributed by atoms with Gasteiger partial charge >= 0.3 is 0 Å². The van der Waals surface area contributed by atoms with Crippen molar-refractivity contribution < 1.29 is 0 Å². The molecule has 1 rings (SSSR count). The first-order valence-corrected chi connectivity index (χ1v) is 4.66. The summed E-state index contributed by atoms with van der Waals surface area (Å²) in [5.41, 5.74) is 5.45. The van der Waals surface area contributed by atoms with Gasteiger partial charge < -0.3 is 10.6 Å². The lowest BCUT2D eigenvalue weighted by molar-refractivity contribution is 0.321. The highest BCUT2D eigenvalue weighted by molar-refractivity contribution is 4.78. The van der Waals surface area contributed by atoms with Crippen LogP contribution in [0.5, 0.6) is 0 Å². The summed E-state index contributed by atoms with van der Waals surface area (Å²) in [6.45, 7) is 9.27. The van der Waals surface area contributed by atoms with Gasteiger partial charge in [-0.25, -0.2) is 0 Å². The van der Waals surface area contributed by atoms with Gasteiger partial charge in [-0.2, -0.15) is 0 Å². The molecule has 2 atom stereocenters. The van der Waals surface area contributed by atoms with Crippen LogP contribution in [0.2, 0.25) is 0 Å². The maximum absolute atomic E-state index is 5.45. The van der Waals surface area contributed by atoms with E-state index >= 15 is 0 Å². The Morgan fingerprint density at radius 3 is 2.27 bits per heavy atom. The summed E-state index contributed by atoms with van der Waals surface area (Å²) in [7, 11) is 0. The SMILES string of the molecule is CC1CN(CCCN)CC1C. The van der Waals surface area contributed by atoms with E-state index in [2.05, 4.69) is 18.7 Å². The van der Waals surface area contributed by atoms with E-state index < -0.39 is 0 Å². The Morgan fingerprint density at radius 1 is 1.27 bits per heavy atom. The van der Waals surface area contributed by atoms with Gasteiger partial charge in [0, 0.05) is 13.1 Å². The van der Waals surface area contributed by atoms with Gasteiger partial charge in [-0.15, -0.1) is 0 Å². The van der Waals surface area contributed by atoms with Crippen LogP contribution in [-0.4, -0.2) is 31.1 Å². The van der Waals surface area contributed by atoms with Gasteiger partial charge in [-0.05, 0) is 31.3 Å². The summed E-state index contributed by atoms with van der Waals surface area (Å²) < 4.78 is 0. The molecule has 0 radical (unpaired) electrons. The third-order valence-corrected chi connectivity index (χ3v) is 2.74. The molecule has 0 bridgehead atoms. The van der Waals surface area contributed by atoms with E-state index in [1.807, 2.05) is 0 Å². The Labute approximate surface area is 69.8 Å². The average molecular weight is 156 g/mol. The van der Waals surface area contributed by atoms with Crippen molar-refractivity contribution in [3.05, 3.63) is 0 Å². The third-order valence-electron chi connectivity index (χ3n) is 2.74. The van der Waals surface area contributed by atoms with Crippen LogP contribution in [0.15, 0.2) is 0 Å². The Bertz CT molecular complexity index is 104. The molecule has 2 N–H and O–H groups in total. The highest BCUT2D eigenvalue weighted by Crippen LogP contribution is 2.21. The standard InChI is InChI=1S/C9H20N2/c1-8-6-11(5-3-4-10)7-9(8)2/h8-9H,3-7,10H2,1-2H3. The number of hydrogen-bond acceptors (Lipinski definition) is 2. The molecule has 0 saturated carbocycles. The van der Waals surface area contributed by atoms with E-state index in [9.17, 15) is 0 Å². The van der Waals surface area contributed by atoms with Gasteiger partial charge in [-0.1, -0.05) is 13.8 Å². The van der Waals surface area contributed by atoms with E-state index in [0.717, 1.165) is 24.8 Å². The van der Waals surface area contributed by atoms with Gasteiger partial charge in [0.25, 0.3) is 0 Å². The molecule has 0 aromatic carbocycles. The number of rotatable bonds is 3. The Hall–Kier alpha value is -0.0800. The van der Waals surface area contributed by atoms with Crippen LogP contribution in [0.1, 0.15) is 20.3 Å². The molecule has 66 valence electrons. The van der Waals surface area contributed by atoms with Crippen LogP contribution >= 0.6 is 0 Å². The quantitative estimate of drug-likeness (QED) is 0.658. The molecule has 0 aromatic heterocycles. The molecule has 1 heterocycles. The molecular weight excluding hydrogens is 136 g/mol. The number of nitrogens with zero attached hydrogens (tertiary/aromatic N) is 1. The van der Waals surface area contributed by atoms with Crippen molar-refractivity contribution in [1.29, 1.82) is 0 Å². The molecule has 2 nitrogen and oxygen atoms in total. The van der Waals surface area contributed by atoms with Crippen LogP contribution in [0, 0.1) is 11.8 Å². The second-order valence-electron chi connectivity index (χ2n) is 3.86. The summed E-state index contributed by atoms with van der Waals surface area (Å²) in [5, 5.41) is 0. The first-order valence-electron chi connectivity index (χ1n) is 4.66. The van der Waals surface area contributed by atoms with Crippen LogP contribution in [0.25, 0.3) is 0 Å². The normalized spacial score (nSPS) is 33.0. The molecule has 1 aliphatic rings. The average Bonchev–Trinajstić information content (AvgIpc) is 2.28. The highest BCUT2D eigenvalue weighted by atomic mass is 15.1. The maximum atomic E-state index is 5.45. The molecule has 1 aliphatic heterocycles. The molecule has 0 amide bonds. The third kappa shape index (κ3) is 2.46. The lowest BCUT2D eigenvalue weighted by Gasteiger charge is -2.13. The fourth-order valence-electron chi connectivity index (χ4n) is 1.75. The fraction of sp³-hybridized carbons (Fsp3) is 1.00. The smallest absolute Gasteiger partial charge is 0.00102 e. The molecule has 0 aromatic rings. The Balaban J connectivity index is 2.18. The van der Waals surface area contributed by atoms with E-state index in [4.69, 9.17) is 5.73 Å². The van der Waals surface area contributed by atoms with E-state index in [1.54, 1.807) is 0 Å². The van der Waals surface area contributed by atoms with Crippen molar-refractivity contribution in [3.63, 3.8) is 0 Å². The zero-order valence-corrected chi connectivity index (χ0v) is 7.71. The van der Waals surface area contributed by atoms with Gasteiger partial charge in [0.15, 0.2) is 0 Å². The van der Waals surface area contributed by atoms with Crippen LogP contribution < -0.4 is 5.73 Å². The molecule has 1 saturated heterocycles. The molecule has 0 aliphatic carbocycles. The van der Waals surface area contributed by atoms with Crippen molar-refractivity contribution >= 4 is 0 Å². The minimum Gasteiger partial charge on any atom is -0.330 e. The first-order chi connectivity index (χ1) is 5.24. The molecule has 0 spiro atoms. The van der Waals surface area contributed by atoms with Crippen molar-refractivity contribution in [2.45, 2.75) is 20.3 Å². The molecule has 2 unspecified atom stereocenters. The van der Waals surface area contributed by atoms with E-state index in [-0.39, 0.29) is 0 Å². The van der Waals surface area contributed by atoms with Crippen LogP contribution in [0.4, 0.5) is 0 Å². The van der Waals surface area contributed by atoms with Gasteiger partial charge in [0.1, 0.15) is 0 Å². The van der Waals surface area contributed by atoms with Crippen LogP contribution in [0.3, 0.4) is 0 Å². The van der Waals surface area contributed by atoms with Crippen LogP contribution in [-0.2, 0) is 0 Å². The van der Waals surface area contributed by atoms with Crippen molar-refractivity contribution in [1.82, 2.24) is 4.90 Å². The summed E-state index contributed by atoms with van der Waals surface area (Å²) in [4.78, 5) is 2.53. The number of nitrogens with two attached hydrogens (primary N) is 1. The lowest BCUT2D eigenvalue weighted by atomic mass is 10.0. The maximum Gasteiger partial charge on any atom is 0.00102 e. The summed E-state index contributed by atoms with van der Waals surface area (Å²) in [5.74, 6) is 1.76. The van der Waals surface area contributed by atoms with E-state index in [0.29, 0.717) is 0 Å². The largest absolute Gasteiger partial charge is 0.330 e. The monoisotopic (exact) mass is 156 g/mol. The summed E-state index contributed by atoms with van der Waals surface area (Å²) in [6.07, 6.45) is 1.15. The second-order valence-corrected chi connectivity index (χ2v) is 3.86. The lowest BCUT2D eigenvalue weighted by Crippen LogP contribution is -2.23. The summed E-state index contributed by atoms with van der Waals surface area (Å²) >= 11 is 0. The topological polar surface area (TPSA) is 29.3 Å². The van der Waals surface area contributed by atoms with Crippen molar-refractivity contribution in [2.75, 3.05) is 26.2 Å². The minimum atomic E-state index is 0.833. The Morgan fingerprint density at radius 2 is 1.82 bits per heavy atom. The highest BCUT2D eigenvalue weighted by Gasteiger charge is 2.24. The molecule has 2 heteroatoms. The predicted molar refractivity (Wildman–Crippen MR) is 48.4 cm³/mol. The Kier molecular flexibility index (Phi) is 3.34. The summed E-state index contributed by atoms with van der Waals surface area (Å²) in [6, 6.07) is 0. The molecular formula is C9H20N2. The predicted octanol–water partition coefficient (Wildman–Crippen LogP) is 0.923. The fourth-order valence-corrected chi connectivity index (χ4v) is 1.75. The van der Waals surface area contributed by atoms with Gasteiger partial charge in [0.2, 0.25) is 0 Å². The molecule has 1 fully saturated rings. The van der Waals surface area contributed by atoms with Crippen molar-refractivity contribution in [3.8, 4) is 0 Å². The molecule has 11 heavy (non-hydrogen) atoms. The van der Waals surface area contributed by atoms with E-state index in [1.165, 1.54) is 19.6 Å².